The molecule has 0 saturated heterocycles. The molecule has 0 rings (SSSR count). The largest absolute Gasteiger partial charge is 0.465 e. The highest BCUT2D eigenvalue weighted by molar-refractivity contribution is 5.76. The molecule has 0 aromatic carbocycles. The third-order valence-electron chi connectivity index (χ3n) is 4.77. The van der Waals surface area contributed by atoms with Gasteiger partial charge in [0.25, 0.3) is 0 Å². The van der Waals surface area contributed by atoms with Crippen molar-refractivity contribution < 1.29 is 9.53 Å². The zero-order valence-electron chi connectivity index (χ0n) is 15.1. The van der Waals surface area contributed by atoms with Gasteiger partial charge >= 0.3 is 5.97 Å². The van der Waals surface area contributed by atoms with Gasteiger partial charge in [0.15, 0.2) is 0 Å². The van der Waals surface area contributed by atoms with E-state index < -0.39 is 5.92 Å². The highest BCUT2D eigenvalue weighted by Crippen LogP contribution is 2.42. The summed E-state index contributed by atoms with van der Waals surface area (Å²) in [6.07, 6.45) is 11.0. The molecule has 0 aliphatic heterocycles. The summed E-state index contributed by atoms with van der Waals surface area (Å²) in [5.74, 6) is -0.938. The molecule has 0 fully saturated rings. The van der Waals surface area contributed by atoms with Crippen LogP contribution in [0.15, 0.2) is 0 Å². The van der Waals surface area contributed by atoms with Gasteiger partial charge in [0.2, 0.25) is 0 Å². The van der Waals surface area contributed by atoms with Gasteiger partial charge in [-0.2, -0.15) is 5.26 Å². The van der Waals surface area contributed by atoms with Crippen molar-refractivity contribution in [1.82, 2.24) is 0 Å². The molecule has 0 heterocycles. The molecule has 0 N–H and O–H groups in total. The average molecular weight is 309 g/mol. The second kappa shape index (κ2) is 12.5. The standard InChI is InChI=1S/C19H35NO2/c1-5-9-11-12-13-15-19(7-3,14-10-6-2)17(16-20)18(21)22-8-4/h17H,5-15H2,1-4H3. The molecule has 3 nitrogen and oxygen atoms in total. The van der Waals surface area contributed by atoms with E-state index in [0.29, 0.717) is 6.61 Å². The number of ether oxygens (including phenoxy) is 1. The van der Waals surface area contributed by atoms with Crippen molar-refractivity contribution >= 4 is 5.97 Å². The lowest BCUT2D eigenvalue weighted by Crippen LogP contribution is -2.36. The van der Waals surface area contributed by atoms with Gasteiger partial charge < -0.3 is 4.74 Å². The smallest absolute Gasteiger partial charge is 0.323 e. The Kier molecular flexibility index (Phi) is 11.9. The molecule has 0 radical (unpaired) electrons. The molecule has 0 amide bonds. The summed E-state index contributed by atoms with van der Waals surface area (Å²) in [5, 5.41) is 9.58. The monoisotopic (exact) mass is 309 g/mol. The third kappa shape index (κ3) is 6.81. The van der Waals surface area contributed by atoms with Crippen LogP contribution >= 0.6 is 0 Å². The molecule has 0 bridgehead atoms. The van der Waals surface area contributed by atoms with Gasteiger partial charge in [-0.3, -0.25) is 4.79 Å². The van der Waals surface area contributed by atoms with E-state index in [4.69, 9.17) is 4.74 Å². The maximum atomic E-state index is 12.2. The Morgan fingerprint density at radius 1 is 1.00 bits per heavy atom. The zero-order valence-corrected chi connectivity index (χ0v) is 15.1. The van der Waals surface area contributed by atoms with Crippen LogP contribution in [-0.2, 0) is 9.53 Å². The molecule has 0 aromatic heterocycles. The number of nitrogens with zero attached hydrogens (tertiary/aromatic N) is 1. The predicted octanol–water partition coefficient (Wildman–Crippen LogP) is 5.64. The number of carbonyl (C=O) groups excluding carboxylic acids is 1. The topological polar surface area (TPSA) is 50.1 Å². The minimum atomic E-state index is -0.616. The zero-order chi connectivity index (χ0) is 16.8. The van der Waals surface area contributed by atoms with Crippen molar-refractivity contribution in [3.05, 3.63) is 0 Å². The van der Waals surface area contributed by atoms with Crippen LogP contribution in [0.25, 0.3) is 0 Å². The van der Waals surface area contributed by atoms with E-state index in [1.165, 1.54) is 25.7 Å². The van der Waals surface area contributed by atoms with Crippen LogP contribution in [0.5, 0.6) is 0 Å². The van der Waals surface area contributed by atoms with Crippen molar-refractivity contribution in [3.8, 4) is 6.07 Å². The predicted molar refractivity (Wildman–Crippen MR) is 91.4 cm³/mol. The number of rotatable bonds is 13. The van der Waals surface area contributed by atoms with E-state index in [1.54, 1.807) is 6.92 Å². The van der Waals surface area contributed by atoms with E-state index in [1.807, 2.05) is 0 Å². The first kappa shape index (κ1) is 21.0. The van der Waals surface area contributed by atoms with Crippen LogP contribution in [-0.4, -0.2) is 12.6 Å². The van der Waals surface area contributed by atoms with Crippen LogP contribution in [0, 0.1) is 22.7 Å². The molecule has 3 heteroatoms. The van der Waals surface area contributed by atoms with E-state index >= 15 is 0 Å². The maximum Gasteiger partial charge on any atom is 0.323 e. The van der Waals surface area contributed by atoms with Crippen LogP contribution in [0.2, 0.25) is 0 Å². The van der Waals surface area contributed by atoms with Gasteiger partial charge in [-0.05, 0) is 31.6 Å². The van der Waals surface area contributed by atoms with Gasteiger partial charge in [-0.1, -0.05) is 65.7 Å². The SMILES string of the molecule is CCCCCCCC(CC)(CCCC)C(C#N)C(=O)OCC. The van der Waals surface area contributed by atoms with Crippen molar-refractivity contribution in [2.75, 3.05) is 6.61 Å². The van der Waals surface area contributed by atoms with E-state index in [-0.39, 0.29) is 11.4 Å². The minimum Gasteiger partial charge on any atom is -0.465 e. The van der Waals surface area contributed by atoms with E-state index in [9.17, 15) is 10.1 Å². The summed E-state index contributed by atoms with van der Waals surface area (Å²) in [6, 6.07) is 2.26. The summed E-state index contributed by atoms with van der Waals surface area (Å²) in [5.41, 5.74) is -0.205. The van der Waals surface area contributed by atoms with Gasteiger partial charge in [-0.25, -0.2) is 0 Å². The fourth-order valence-electron chi connectivity index (χ4n) is 3.25. The minimum absolute atomic E-state index is 0.205. The summed E-state index contributed by atoms with van der Waals surface area (Å²) in [7, 11) is 0. The summed E-state index contributed by atoms with van der Waals surface area (Å²) < 4.78 is 5.17. The molecule has 0 spiro atoms. The van der Waals surface area contributed by atoms with Gasteiger partial charge in [0, 0.05) is 0 Å². The summed E-state index contributed by atoms with van der Waals surface area (Å²) >= 11 is 0. The van der Waals surface area contributed by atoms with Crippen LogP contribution in [0.1, 0.15) is 91.9 Å². The highest BCUT2D eigenvalue weighted by atomic mass is 16.5. The molecule has 0 aliphatic rings. The lowest BCUT2D eigenvalue weighted by atomic mass is 9.67. The number of unbranched alkanes of at least 4 members (excludes halogenated alkanes) is 5. The van der Waals surface area contributed by atoms with Crippen LogP contribution in [0.4, 0.5) is 0 Å². The number of nitriles is 1. The Hall–Kier alpha value is -1.04. The Labute approximate surface area is 137 Å². The summed E-state index contributed by atoms with van der Waals surface area (Å²) in [4.78, 5) is 12.2. The fraction of sp³-hybridized carbons (Fsp3) is 0.895. The second-order valence-electron chi connectivity index (χ2n) is 6.30. The molecule has 2 atom stereocenters. The second-order valence-corrected chi connectivity index (χ2v) is 6.30. The van der Waals surface area contributed by atoms with Crippen molar-refractivity contribution in [3.63, 3.8) is 0 Å². The first-order chi connectivity index (χ1) is 10.6. The molecule has 0 aromatic rings. The van der Waals surface area contributed by atoms with E-state index in [0.717, 1.165) is 38.5 Å². The molecule has 2 unspecified atom stereocenters. The van der Waals surface area contributed by atoms with Crippen molar-refractivity contribution in [2.24, 2.45) is 11.3 Å². The molecule has 0 aliphatic carbocycles. The first-order valence-electron chi connectivity index (χ1n) is 9.18. The Bertz CT molecular complexity index is 335. The molecule has 128 valence electrons. The molecular weight excluding hydrogens is 274 g/mol. The molecule has 0 saturated carbocycles. The lowest BCUT2D eigenvalue weighted by molar-refractivity contribution is -0.150. The number of hydrogen-bond donors (Lipinski definition) is 0. The Balaban J connectivity index is 4.94. The Morgan fingerprint density at radius 2 is 1.59 bits per heavy atom. The van der Waals surface area contributed by atoms with Gasteiger partial charge in [-0.15, -0.1) is 0 Å². The van der Waals surface area contributed by atoms with Crippen molar-refractivity contribution in [1.29, 1.82) is 5.26 Å². The number of esters is 1. The van der Waals surface area contributed by atoms with Gasteiger partial charge in [0.1, 0.15) is 5.92 Å². The fourth-order valence-corrected chi connectivity index (χ4v) is 3.25. The summed E-state index contributed by atoms with van der Waals surface area (Å²) in [6.45, 7) is 8.64. The average Bonchev–Trinajstić information content (AvgIpc) is 2.52. The van der Waals surface area contributed by atoms with E-state index in [2.05, 4.69) is 26.8 Å². The van der Waals surface area contributed by atoms with Crippen molar-refractivity contribution in [2.45, 2.75) is 91.9 Å². The molecular formula is C19H35NO2. The Morgan fingerprint density at radius 3 is 2.09 bits per heavy atom. The third-order valence-corrected chi connectivity index (χ3v) is 4.77. The lowest BCUT2D eigenvalue weighted by Gasteiger charge is -2.36. The molecule has 22 heavy (non-hydrogen) atoms. The highest BCUT2D eigenvalue weighted by Gasteiger charge is 2.41. The first-order valence-corrected chi connectivity index (χ1v) is 9.18. The quantitative estimate of drug-likeness (QED) is 0.327. The van der Waals surface area contributed by atoms with Gasteiger partial charge in [0.05, 0.1) is 12.7 Å². The van der Waals surface area contributed by atoms with Crippen LogP contribution in [0.3, 0.4) is 0 Å². The number of carbonyl (C=O) groups is 1. The van der Waals surface area contributed by atoms with Crippen LogP contribution < -0.4 is 0 Å². The number of hydrogen-bond acceptors (Lipinski definition) is 3. The maximum absolute atomic E-state index is 12.2. The normalized spacial score (nSPS) is 14.9.